The van der Waals surface area contributed by atoms with Gasteiger partial charge in [0.1, 0.15) is 5.60 Å². The molecular weight excluding hydrogens is 256 g/mol. The Morgan fingerprint density at radius 1 is 1.15 bits per heavy atom. The highest BCUT2D eigenvalue weighted by Crippen LogP contribution is 2.60. The van der Waals surface area contributed by atoms with Gasteiger partial charge in [0.25, 0.3) is 0 Å². The first-order chi connectivity index (χ1) is 9.46. The summed E-state index contributed by atoms with van der Waals surface area (Å²) in [6.45, 7) is 3.51. The SMILES string of the molecule is CCC1(OC(=O)C(C)C(=O)O)C2CC3CC(C2)CC1C3. The number of carboxylic acids is 1. The molecule has 0 spiro atoms. The van der Waals surface area contributed by atoms with Crippen molar-refractivity contribution in [2.75, 3.05) is 0 Å². The fraction of sp³-hybridized carbons (Fsp3) is 0.875. The number of esters is 1. The molecule has 0 aromatic heterocycles. The Morgan fingerprint density at radius 3 is 2.05 bits per heavy atom. The lowest BCUT2D eigenvalue weighted by Crippen LogP contribution is -2.59. The van der Waals surface area contributed by atoms with E-state index in [0.29, 0.717) is 11.8 Å². The highest BCUT2D eigenvalue weighted by Gasteiger charge is 2.58. The third kappa shape index (κ3) is 1.95. The number of carbonyl (C=O) groups excluding carboxylic acids is 1. The number of rotatable bonds is 4. The van der Waals surface area contributed by atoms with Crippen LogP contribution in [0.5, 0.6) is 0 Å². The molecule has 4 heteroatoms. The summed E-state index contributed by atoms with van der Waals surface area (Å²) in [7, 11) is 0. The standard InChI is InChI=1S/C16H24O4/c1-3-16(20-15(19)9(2)14(17)18)12-5-10-4-11(7-12)8-13(16)6-10/h9-13H,3-8H2,1-2H3,(H,17,18). The van der Waals surface area contributed by atoms with Crippen molar-refractivity contribution < 1.29 is 19.4 Å². The zero-order valence-corrected chi connectivity index (χ0v) is 12.3. The summed E-state index contributed by atoms with van der Waals surface area (Å²) in [4.78, 5) is 23.1. The minimum absolute atomic E-state index is 0.381. The number of carbonyl (C=O) groups is 2. The van der Waals surface area contributed by atoms with Crippen LogP contribution >= 0.6 is 0 Å². The van der Waals surface area contributed by atoms with Crippen molar-refractivity contribution in [3.8, 4) is 0 Å². The molecule has 1 atom stereocenters. The average Bonchev–Trinajstić information content (AvgIpc) is 2.41. The summed E-state index contributed by atoms with van der Waals surface area (Å²) in [5.41, 5.74) is -0.381. The number of hydrogen-bond acceptors (Lipinski definition) is 3. The van der Waals surface area contributed by atoms with Crippen LogP contribution in [0.15, 0.2) is 0 Å². The summed E-state index contributed by atoms with van der Waals surface area (Å²) in [5, 5.41) is 8.99. The van der Waals surface area contributed by atoms with Gasteiger partial charge >= 0.3 is 11.9 Å². The third-order valence-electron chi connectivity index (χ3n) is 6.09. The van der Waals surface area contributed by atoms with Crippen molar-refractivity contribution in [1.82, 2.24) is 0 Å². The van der Waals surface area contributed by atoms with Gasteiger partial charge in [0.2, 0.25) is 0 Å². The van der Waals surface area contributed by atoms with Crippen molar-refractivity contribution in [1.29, 1.82) is 0 Å². The molecule has 0 heterocycles. The van der Waals surface area contributed by atoms with E-state index in [1.54, 1.807) is 0 Å². The quantitative estimate of drug-likeness (QED) is 0.635. The highest BCUT2D eigenvalue weighted by atomic mass is 16.6. The second-order valence-electron chi connectivity index (χ2n) is 7.09. The molecule has 4 fully saturated rings. The second-order valence-corrected chi connectivity index (χ2v) is 7.09. The summed E-state index contributed by atoms with van der Waals surface area (Å²) in [6, 6.07) is 0. The van der Waals surface area contributed by atoms with Gasteiger partial charge in [-0.2, -0.15) is 0 Å². The maximum atomic E-state index is 12.1. The van der Waals surface area contributed by atoms with Gasteiger partial charge in [-0.3, -0.25) is 9.59 Å². The maximum absolute atomic E-state index is 12.1. The Hall–Kier alpha value is -1.06. The number of ether oxygens (including phenoxy) is 1. The zero-order valence-electron chi connectivity index (χ0n) is 12.3. The Balaban J connectivity index is 1.81. The second kappa shape index (κ2) is 4.74. The van der Waals surface area contributed by atoms with Crippen LogP contribution in [0.4, 0.5) is 0 Å². The molecule has 4 saturated carbocycles. The van der Waals surface area contributed by atoms with Crippen molar-refractivity contribution in [2.24, 2.45) is 29.6 Å². The Labute approximate surface area is 119 Å². The summed E-state index contributed by atoms with van der Waals surface area (Å²) in [5.74, 6) is -0.171. The van der Waals surface area contributed by atoms with E-state index in [2.05, 4.69) is 6.92 Å². The molecule has 0 aromatic carbocycles. The molecule has 1 N–H and O–H groups in total. The third-order valence-corrected chi connectivity index (χ3v) is 6.09. The topological polar surface area (TPSA) is 63.6 Å². The predicted octanol–water partition coefficient (Wildman–Crippen LogP) is 2.86. The molecule has 0 aliphatic heterocycles. The summed E-state index contributed by atoms with van der Waals surface area (Å²) >= 11 is 0. The molecule has 4 bridgehead atoms. The van der Waals surface area contributed by atoms with E-state index in [1.807, 2.05) is 0 Å². The van der Waals surface area contributed by atoms with Crippen LogP contribution in [-0.4, -0.2) is 22.6 Å². The molecule has 0 amide bonds. The van der Waals surface area contributed by atoms with Crippen LogP contribution in [0.1, 0.15) is 52.4 Å². The van der Waals surface area contributed by atoms with Crippen molar-refractivity contribution >= 4 is 11.9 Å². The van der Waals surface area contributed by atoms with Gasteiger partial charge in [-0.1, -0.05) is 6.92 Å². The normalized spacial score (nSPS) is 43.3. The van der Waals surface area contributed by atoms with Gasteiger partial charge in [-0.15, -0.1) is 0 Å². The van der Waals surface area contributed by atoms with Gasteiger partial charge in [0, 0.05) is 0 Å². The molecular formula is C16H24O4. The fourth-order valence-electron chi connectivity index (χ4n) is 5.17. The first-order valence-corrected chi connectivity index (χ1v) is 7.92. The van der Waals surface area contributed by atoms with Crippen LogP contribution in [0.25, 0.3) is 0 Å². The molecule has 4 nitrogen and oxygen atoms in total. The van der Waals surface area contributed by atoms with Gasteiger partial charge in [-0.25, -0.2) is 0 Å². The lowest BCUT2D eigenvalue weighted by Gasteiger charge is -2.60. The van der Waals surface area contributed by atoms with Crippen molar-refractivity contribution in [3.63, 3.8) is 0 Å². The number of hydrogen-bond donors (Lipinski definition) is 1. The molecule has 4 rings (SSSR count). The maximum Gasteiger partial charge on any atom is 0.320 e. The molecule has 112 valence electrons. The number of carboxylic acid groups (broad SMARTS) is 1. The summed E-state index contributed by atoms with van der Waals surface area (Å²) in [6.07, 6.45) is 6.82. The van der Waals surface area contributed by atoms with E-state index in [-0.39, 0.29) is 5.60 Å². The van der Waals surface area contributed by atoms with Crippen LogP contribution in [0, 0.1) is 29.6 Å². The molecule has 4 aliphatic carbocycles. The zero-order chi connectivity index (χ0) is 14.5. The predicted molar refractivity (Wildman–Crippen MR) is 73.0 cm³/mol. The smallest absolute Gasteiger partial charge is 0.320 e. The molecule has 0 saturated heterocycles. The molecule has 0 aromatic rings. The first-order valence-electron chi connectivity index (χ1n) is 7.92. The van der Waals surface area contributed by atoms with Crippen LogP contribution in [0.2, 0.25) is 0 Å². The van der Waals surface area contributed by atoms with Crippen molar-refractivity contribution in [3.05, 3.63) is 0 Å². The van der Waals surface area contributed by atoms with Crippen molar-refractivity contribution in [2.45, 2.75) is 58.0 Å². The largest absolute Gasteiger partial charge is 0.481 e. The van der Waals surface area contributed by atoms with Crippen LogP contribution in [0.3, 0.4) is 0 Å². The van der Waals surface area contributed by atoms with E-state index < -0.39 is 17.9 Å². The lowest BCUT2D eigenvalue weighted by atomic mass is 9.49. The molecule has 0 radical (unpaired) electrons. The molecule has 4 aliphatic rings. The molecule has 20 heavy (non-hydrogen) atoms. The van der Waals surface area contributed by atoms with Crippen LogP contribution in [-0.2, 0) is 14.3 Å². The van der Waals surface area contributed by atoms with E-state index in [4.69, 9.17) is 9.84 Å². The lowest BCUT2D eigenvalue weighted by molar-refractivity contribution is -0.214. The fourth-order valence-corrected chi connectivity index (χ4v) is 5.17. The monoisotopic (exact) mass is 280 g/mol. The number of aliphatic carboxylic acids is 1. The van der Waals surface area contributed by atoms with E-state index in [1.165, 1.54) is 13.3 Å². The summed E-state index contributed by atoms with van der Waals surface area (Å²) < 4.78 is 5.87. The van der Waals surface area contributed by atoms with Gasteiger partial charge in [-0.05, 0) is 69.1 Å². The minimum atomic E-state index is -1.09. The van der Waals surface area contributed by atoms with E-state index in [9.17, 15) is 9.59 Å². The Bertz CT molecular complexity index is 400. The van der Waals surface area contributed by atoms with E-state index >= 15 is 0 Å². The average molecular weight is 280 g/mol. The first kappa shape index (κ1) is 13.9. The molecule has 1 unspecified atom stereocenters. The van der Waals surface area contributed by atoms with Gasteiger partial charge in [0.05, 0.1) is 0 Å². The van der Waals surface area contributed by atoms with Crippen LogP contribution < -0.4 is 0 Å². The minimum Gasteiger partial charge on any atom is -0.481 e. The van der Waals surface area contributed by atoms with Gasteiger partial charge < -0.3 is 9.84 Å². The van der Waals surface area contributed by atoms with E-state index in [0.717, 1.165) is 43.9 Å². The Morgan fingerprint density at radius 2 is 1.65 bits per heavy atom. The van der Waals surface area contributed by atoms with Gasteiger partial charge in [0.15, 0.2) is 5.92 Å². The Kier molecular flexibility index (Phi) is 3.30. The highest BCUT2D eigenvalue weighted by molar-refractivity contribution is 5.93.